The summed E-state index contributed by atoms with van der Waals surface area (Å²) in [6, 6.07) is 0. The van der Waals surface area contributed by atoms with Crippen LogP contribution in [0.5, 0.6) is 0 Å². The van der Waals surface area contributed by atoms with Gasteiger partial charge >= 0.3 is 69.2 Å². The van der Waals surface area contributed by atoms with Crippen molar-refractivity contribution in [3.05, 3.63) is 0 Å². The monoisotopic (exact) mass is 490 g/mol. The molecule has 0 aliphatic carbocycles. The van der Waals surface area contributed by atoms with Crippen molar-refractivity contribution in [3.8, 4) is 0 Å². The first-order valence-electron chi connectivity index (χ1n) is 8.70. The molecule has 0 aromatic heterocycles. The van der Waals surface area contributed by atoms with Crippen LogP contribution < -0.4 is 29.4 Å². The van der Waals surface area contributed by atoms with Crippen LogP contribution in [0.2, 0.25) is 0 Å². The van der Waals surface area contributed by atoms with E-state index >= 15 is 0 Å². The second-order valence-corrected chi connectivity index (χ2v) is 7.57. The van der Waals surface area contributed by atoms with E-state index in [0.717, 1.165) is 26.1 Å². The molecule has 0 radical (unpaired) electrons. The molecule has 160 valence electrons. The van der Waals surface area contributed by atoms with Crippen molar-refractivity contribution in [2.24, 2.45) is 0 Å². The van der Waals surface area contributed by atoms with E-state index < -0.39 is 15.6 Å². The minimum atomic E-state index is -5.39. The topological polar surface area (TPSA) is 191 Å². The van der Waals surface area contributed by atoms with Gasteiger partial charge in [0.25, 0.3) is 0 Å². The molecule has 1 heterocycles. The van der Waals surface area contributed by atoms with Crippen LogP contribution in [0.3, 0.4) is 0 Å². The molecule has 0 bridgehead atoms. The van der Waals surface area contributed by atoms with Crippen molar-refractivity contribution in [3.63, 3.8) is 0 Å². The molecular weight excluding hydrogens is 463 g/mol. The minimum Gasteiger partial charge on any atom is -0.822 e. The number of hydrogen-bond acceptors (Lipinski definition) is 10. The van der Waals surface area contributed by atoms with Crippen LogP contribution in [0.15, 0.2) is 0 Å². The Labute approximate surface area is 221 Å². The third-order valence-electron chi connectivity index (χ3n) is 3.29. The molecule has 0 spiro atoms. The summed E-state index contributed by atoms with van der Waals surface area (Å²) in [6.45, 7) is 1.56. The molecule has 29 heavy (non-hydrogen) atoms. The molecule has 10 nitrogen and oxygen atoms in total. The molecule has 0 amide bonds. The third-order valence-corrected chi connectivity index (χ3v) is 3.29. The Hall–Kier alpha value is 2.44. The van der Waals surface area contributed by atoms with Crippen LogP contribution in [0.25, 0.3) is 0 Å². The van der Waals surface area contributed by atoms with E-state index in [1.807, 2.05) is 0 Å². The van der Waals surface area contributed by atoms with Crippen LogP contribution in [0.1, 0.15) is 77.0 Å². The maximum atomic E-state index is 8.55. The molecule has 1 saturated heterocycles. The molecule has 0 aromatic rings. The van der Waals surface area contributed by atoms with Crippen LogP contribution in [0, 0.1) is 0 Å². The van der Waals surface area contributed by atoms with Crippen LogP contribution in [-0.2, 0) is 18.9 Å². The van der Waals surface area contributed by atoms with Gasteiger partial charge in [-0.25, -0.2) is 9.78 Å². The van der Waals surface area contributed by atoms with E-state index in [-0.39, 0.29) is 69.2 Å². The van der Waals surface area contributed by atoms with Gasteiger partial charge in [0, 0.05) is 0 Å². The van der Waals surface area contributed by atoms with Gasteiger partial charge in [0.2, 0.25) is 0 Å². The smallest absolute Gasteiger partial charge is 0.822 e. The Morgan fingerprint density at radius 2 is 0.552 bits per heavy atom. The zero-order chi connectivity index (χ0) is 20.3. The second kappa shape index (κ2) is 28.5. The van der Waals surface area contributed by atoms with Crippen LogP contribution in [0.4, 0.5) is 0 Å². The Morgan fingerprint density at radius 3 is 0.724 bits per heavy atom. The van der Waals surface area contributed by atoms with E-state index in [0.29, 0.717) is 0 Å². The van der Waals surface area contributed by atoms with Crippen molar-refractivity contribution >= 4 is 84.8 Å². The predicted octanol–water partition coefficient (Wildman–Crippen LogP) is -2.16. The van der Waals surface area contributed by atoms with Gasteiger partial charge in [-0.1, -0.05) is 64.2 Å². The first kappa shape index (κ1) is 41.7. The third kappa shape index (κ3) is 72.4. The Morgan fingerprint density at radius 1 is 0.414 bits per heavy atom. The molecule has 0 saturated carbocycles. The van der Waals surface area contributed by atoms with Crippen molar-refractivity contribution in [1.82, 2.24) is 0 Å². The van der Waals surface area contributed by atoms with Gasteiger partial charge in [0.1, 0.15) is 0 Å². The van der Waals surface area contributed by atoms with Crippen molar-refractivity contribution < 1.29 is 48.3 Å². The second-order valence-electron chi connectivity index (χ2n) is 5.78. The minimum absolute atomic E-state index is 0. The van der Waals surface area contributed by atoms with Gasteiger partial charge in [-0.05, 0) is 12.8 Å². The predicted molar refractivity (Wildman–Crippen MR) is 99.8 cm³/mol. The van der Waals surface area contributed by atoms with Crippen LogP contribution in [-0.4, -0.2) is 82.4 Å². The average Bonchev–Trinajstić information content (AvgIpc) is 2.44. The Balaban J connectivity index is -0.000000125. The normalized spacial score (nSPS) is 17.3. The van der Waals surface area contributed by atoms with E-state index in [9.17, 15) is 0 Å². The fraction of sp³-hybridized carbons (Fsp3) is 1.00. The quantitative estimate of drug-likeness (QED) is 0.205. The molecular formula is C14H28Mg3O10P2. The van der Waals surface area contributed by atoms with Crippen LogP contribution >= 0.6 is 15.6 Å². The van der Waals surface area contributed by atoms with Gasteiger partial charge in [0.15, 0.2) is 0 Å². The number of rotatable bonds is 0. The summed E-state index contributed by atoms with van der Waals surface area (Å²) in [5.41, 5.74) is 0. The van der Waals surface area contributed by atoms with Crippen molar-refractivity contribution in [1.29, 1.82) is 0 Å². The maximum Gasteiger partial charge on any atom is 2.00 e. The van der Waals surface area contributed by atoms with Gasteiger partial charge in [-0.3, -0.25) is 0 Å². The molecule has 0 unspecified atom stereocenters. The summed E-state index contributed by atoms with van der Waals surface area (Å²) in [7, 11) is -10.8. The summed E-state index contributed by atoms with van der Waals surface area (Å²) in [4.78, 5) is 61.6. The molecule has 1 aliphatic rings. The summed E-state index contributed by atoms with van der Waals surface area (Å²) in [6.07, 6.45) is 16.2. The molecule has 0 aromatic carbocycles. The van der Waals surface area contributed by atoms with E-state index in [1.54, 1.807) is 0 Å². The Bertz CT molecular complexity index is 295. The molecule has 1 aliphatic heterocycles. The summed E-state index contributed by atoms with van der Waals surface area (Å²) in [5, 5.41) is 0. The first-order chi connectivity index (χ1) is 12.0. The van der Waals surface area contributed by atoms with Gasteiger partial charge < -0.3 is 38.5 Å². The molecule has 1 rings (SSSR count). The summed E-state index contributed by atoms with van der Waals surface area (Å²) in [5.74, 6) is 0. The largest absolute Gasteiger partial charge is 2.00 e. The maximum absolute atomic E-state index is 8.55. The molecule has 1 fully saturated rings. The van der Waals surface area contributed by atoms with Gasteiger partial charge in [-0.2, -0.15) is 15.6 Å². The molecule has 0 N–H and O–H groups in total. The van der Waals surface area contributed by atoms with Crippen molar-refractivity contribution in [2.45, 2.75) is 77.0 Å². The zero-order valence-electron chi connectivity index (χ0n) is 17.0. The zero-order valence-corrected chi connectivity index (χ0v) is 23.0. The molecule has 15 heteroatoms. The molecule has 0 atom stereocenters. The average molecular weight is 491 g/mol. The Kier molecular flexibility index (Phi) is 40.9. The van der Waals surface area contributed by atoms with Gasteiger partial charge in [-0.15, -0.1) is 0 Å². The van der Waals surface area contributed by atoms with E-state index in [4.69, 9.17) is 48.3 Å². The fourth-order valence-electron chi connectivity index (χ4n) is 2.21. The standard InChI is InChI=1S/C14H28O2.3Mg.2H3O4P/c1-2-4-6-8-10-12-14-16-15-13-11-9-7-5-3-1;;;;2*1-5(2,3)4/h1-14H2;;;;2*(H3,1,2,3,4)/q;3*+2;;/p-6. The number of phosphoric acid groups is 2. The number of hydrogen-bond donors (Lipinski definition) is 0. The fourth-order valence-corrected chi connectivity index (χ4v) is 2.21. The van der Waals surface area contributed by atoms with E-state index in [1.165, 1.54) is 64.2 Å². The SMILES string of the molecule is C1CCCCCCCOOCCCCCC1.O=P([O-])([O-])[O-].O=P([O-])([O-])[O-].[Mg+2].[Mg+2].[Mg+2]. The van der Waals surface area contributed by atoms with Crippen molar-refractivity contribution in [2.75, 3.05) is 13.2 Å². The van der Waals surface area contributed by atoms with E-state index in [2.05, 4.69) is 0 Å². The van der Waals surface area contributed by atoms with Gasteiger partial charge in [0.05, 0.1) is 13.2 Å². The summed E-state index contributed by atoms with van der Waals surface area (Å²) < 4.78 is 17.1. The first-order valence-corrected chi connectivity index (χ1v) is 11.6. The summed E-state index contributed by atoms with van der Waals surface area (Å²) >= 11 is 0.